The summed E-state index contributed by atoms with van der Waals surface area (Å²) in [5, 5.41) is 30.7. The van der Waals surface area contributed by atoms with E-state index in [-0.39, 0.29) is 0 Å². The van der Waals surface area contributed by atoms with Crippen molar-refractivity contribution >= 4 is 167 Å². The summed E-state index contributed by atoms with van der Waals surface area (Å²) in [7, 11) is 0. The molecule has 3 nitrogen and oxygen atoms in total. The second-order valence-corrected chi connectivity index (χ2v) is 21.2. The number of benzene rings is 3. The molecule has 0 radical (unpaired) electrons. The van der Waals surface area contributed by atoms with Gasteiger partial charge in [0, 0.05) is 0 Å². The van der Waals surface area contributed by atoms with Crippen LogP contribution in [0, 0.1) is 21.4 Å². The molecule has 0 aliphatic heterocycles. The van der Waals surface area contributed by atoms with Crippen molar-refractivity contribution in [2.24, 2.45) is 0 Å². The van der Waals surface area contributed by atoms with Crippen LogP contribution in [0.5, 0.6) is 17.2 Å². The number of rotatable bonds is 3. The molecule has 3 aromatic rings. The maximum atomic E-state index is 10.2. The first kappa shape index (κ1) is 25.0. The quantitative estimate of drug-likeness (QED) is 0.258. The molecule has 0 saturated heterocycles. The molecule has 146 valence electrons. The molecule has 3 aromatic carbocycles. The van der Waals surface area contributed by atoms with Crippen molar-refractivity contribution in [1.82, 2.24) is 0 Å². The molecule has 10 heteroatoms. The Kier molecular flexibility index (Phi) is 9.36. The van der Waals surface area contributed by atoms with Gasteiger partial charge in [0.2, 0.25) is 0 Å². The molecule has 0 aromatic heterocycles. The van der Waals surface area contributed by atoms with E-state index in [2.05, 4.69) is 172 Å². The zero-order valence-corrected chi connectivity index (χ0v) is 29.9. The van der Waals surface area contributed by atoms with E-state index >= 15 is 0 Å². The second-order valence-electron chi connectivity index (χ2n) is 5.61. The Morgan fingerprint density at radius 1 is 0.429 bits per heavy atom. The Labute approximate surface area is 252 Å². The van der Waals surface area contributed by atoms with E-state index in [1.807, 2.05) is 0 Å². The molecular weight excluding hydrogens is 1230 g/mol. The van der Waals surface area contributed by atoms with Crippen LogP contribution in [0.15, 0.2) is 36.4 Å². The molecule has 0 aliphatic rings. The van der Waals surface area contributed by atoms with Gasteiger partial charge in [-0.2, -0.15) is 0 Å². The van der Waals surface area contributed by atoms with Crippen LogP contribution >= 0.6 is 136 Å². The van der Waals surface area contributed by atoms with Crippen molar-refractivity contribution in [2.45, 2.75) is 0 Å². The van der Waals surface area contributed by atoms with Crippen LogP contribution in [0.3, 0.4) is 0 Å². The van der Waals surface area contributed by atoms with E-state index in [9.17, 15) is 15.3 Å². The van der Waals surface area contributed by atoms with Crippen molar-refractivity contribution in [3.8, 4) is 17.2 Å². The van der Waals surface area contributed by atoms with E-state index in [1.54, 1.807) is 0 Å². The number of hydrogen-bond acceptors (Lipinski definition) is 3. The molecule has 3 N–H and O–H groups in total. The van der Waals surface area contributed by atoms with Crippen molar-refractivity contribution in [3.63, 3.8) is 0 Å². The molecule has 0 bridgehead atoms. The summed E-state index contributed by atoms with van der Waals surface area (Å²) in [6, 6.07) is 12.5. The van der Waals surface area contributed by atoms with Gasteiger partial charge >= 0.3 is 257 Å². The third-order valence-electron chi connectivity index (χ3n) is 3.78. The molecule has 28 heavy (non-hydrogen) atoms. The fourth-order valence-corrected chi connectivity index (χ4v) is 23.3. The van der Waals surface area contributed by atoms with Crippen LogP contribution in [0.1, 0.15) is 0 Å². The average Bonchev–Trinajstić information content (AvgIpc) is 2.62. The topological polar surface area (TPSA) is 60.7 Å². The van der Waals surface area contributed by atoms with Gasteiger partial charge in [-0.1, -0.05) is 0 Å². The Balaban J connectivity index is 2.32. The SMILES string of the molecule is Oc1c(I)c[c]([Bi]([c]2cc(I)c(O)c(I)c2)[c]2cc(I)c(O)c(I)c2)cc1I. The third-order valence-corrected chi connectivity index (χ3v) is 17.7. The van der Waals surface area contributed by atoms with Gasteiger partial charge in [-0.05, 0) is 0 Å². The second kappa shape index (κ2) is 10.5. The Morgan fingerprint density at radius 2 is 0.607 bits per heavy atom. The third kappa shape index (κ3) is 5.44. The molecular formula is C18H9BiI6O3. The van der Waals surface area contributed by atoms with E-state index in [0.717, 1.165) is 21.4 Å². The summed E-state index contributed by atoms with van der Waals surface area (Å²) < 4.78 is 8.77. The average molecular weight is 1240 g/mol. The molecule has 0 unspecified atom stereocenters. The first-order chi connectivity index (χ1) is 13.1. The predicted molar refractivity (Wildman–Crippen MR) is 165 cm³/mol. The van der Waals surface area contributed by atoms with Gasteiger partial charge in [0.15, 0.2) is 0 Å². The van der Waals surface area contributed by atoms with Crippen LogP contribution in [-0.4, -0.2) is 37.1 Å². The minimum absolute atomic E-state index is 0.318. The van der Waals surface area contributed by atoms with Gasteiger partial charge in [-0.15, -0.1) is 0 Å². The van der Waals surface area contributed by atoms with Crippen molar-refractivity contribution in [2.75, 3.05) is 0 Å². The molecule has 3 rings (SSSR count). The zero-order chi connectivity index (χ0) is 20.7. The summed E-state index contributed by atoms with van der Waals surface area (Å²) in [5.74, 6) is 0.955. The van der Waals surface area contributed by atoms with E-state index in [4.69, 9.17) is 0 Å². The molecule has 0 fully saturated rings. The van der Waals surface area contributed by atoms with Gasteiger partial charge in [0.25, 0.3) is 0 Å². The van der Waals surface area contributed by atoms with E-state index < -0.39 is 21.8 Å². The fourth-order valence-electron chi connectivity index (χ4n) is 2.49. The number of aromatic hydroxyl groups is 3. The van der Waals surface area contributed by atoms with Crippen LogP contribution < -0.4 is 9.81 Å². The number of hydrogen-bond donors (Lipinski definition) is 3. The van der Waals surface area contributed by atoms with Crippen LogP contribution in [0.4, 0.5) is 0 Å². The summed E-state index contributed by atoms with van der Waals surface area (Å²) >= 11 is 10.3. The number of phenolic OH excluding ortho intramolecular Hbond substituents is 3. The molecule has 0 heterocycles. The monoisotopic (exact) mass is 1240 g/mol. The van der Waals surface area contributed by atoms with Gasteiger partial charge in [0.05, 0.1) is 0 Å². The maximum absolute atomic E-state index is 10.2. The fraction of sp³-hybridized carbons (Fsp3) is 0. The first-order valence-electron chi connectivity index (χ1n) is 7.44. The van der Waals surface area contributed by atoms with Gasteiger partial charge in [0.1, 0.15) is 0 Å². The molecule has 0 saturated carbocycles. The number of phenols is 3. The summed E-state index contributed by atoms with van der Waals surface area (Å²) in [6.45, 7) is 0. The van der Waals surface area contributed by atoms with E-state index in [1.165, 1.54) is 9.81 Å². The molecule has 0 atom stereocenters. The van der Waals surface area contributed by atoms with Gasteiger partial charge in [-0.3, -0.25) is 0 Å². The zero-order valence-electron chi connectivity index (χ0n) is 13.5. The Morgan fingerprint density at radius 3 is 0.786 bits per heavy atom. The van der Waals surface area contributed by atoms with Crippen LogP contribution in [0.25, 0.3) is 0 Å². The predicted octanol–water partition coefficient (Wildman–Crippen LogP) is 4.95. The summed E-state index contributed by atoms with van der Waals surface area (Å²) in [4.78, 5) is 0. The van der Waals surface area contributed by atoms with Crippen molar-refractivity contribution in [1.29, 1.82) is 0 Å². The standard InChI is InChI=1S/3C6H3I2O.Bi/c3*7-4-2-1-3-5(8)6(4)9;/h3*2-3,9H;. The molecule has 0 spiro atoms. The van der Waals surface area contributed by atoms with Crippen molar-refractivity contribution < 1.29 is 15.3 Å². The van der Waals surface area contributed by atoms with E-state index in [0.29, 0.717) is 17.2 Å². The number of halogens is 6. The van der Waals surface area contributed by atoms with Crippen molar-refractivity contribution in [3.05, 3.63) is 57.8 Å². The van der Waals surface area contributed by atoms with Crippen LogP contribution in [0.2, 0.25) is 0 Å². The Hall–Kier alpha value is 2.32. The molecule has 0 amide bonds. The molecule has 0 aliphatic carbocycles. The summed E-state index contributed by atoms with van der Waals surface area (Å²) in [6.07, 6.45) is 0. The van der Waals surface area contributed by atoms with Gasteiger partial charge < -0.3 is 0 Å². The normalized spacial score (nSPS) is 11.2. The first-order valence-corrected chi connectivity index (χ1v) is 19.1. The van der Waals surface area contributed by atoms with Crippen LogP contribution in [-0.2, 0) is 0 Å². The minimum atomic E-state index is -2.74. The van der Waals surface area contributed by atoms with Gasteiger partial charge in [-0.25, -0.2) is 0 Å². The summed E-state index contributed by atoms with van der Waals surface area (Å²) in [5.41, 5.74) is 0. The Bertz CT molecular complexity index is 883.